The molecule has 0 heterocycles. The number of hydrogen-bond donors (Lipinski definition) is 3. The summed E-state index contributed by atoms with van der Waals surface area (Å²) in [5.41, 5.74) is 8.02. The highest BCUT2D eigenvalue weighted by Gasteiger charge is 2.38. The van der Waals surface area contributed by atoms with Crippen LogP contribution in [0, 0.1) is 0 Å². The Balaban J connectivity index is 0.000000203. The largest absolute Gasteiger partial charge is 0.490 e. The number of carboxylic acids is 1. The van der Waals surface area contributed by atoms with Gasteiger partial charge in [-0.15, -0.1) is 0 Å². The number of alkyl halides is 3. The van der Waals surface area contributed by atoms with Gasteiger partial charge in [0, 0.05) is 6.42 Å². The second-order valence-electron chi connectivity index (χ2n) is 3.80. The third-order valence-corrected chi connectivity index (χ3v) is 2.50. The Hall–Kier alpha value is -1.60. The maximum atomic E-state index is 10.6. The van der Waals surface area contributed by atoms with Crippen molar-refractivity contribution >= 4 is 5.97 Å². The summed E-state index contributed by atoms with van der Waals surface area (Å²) in [5, 5.41) is 16.5. The smallest absolute Gasteiger partial charge is 0.475 e. The summed E-state index contributed by atoms with van der Waals surface area (Å²) < 4.78 is 31.7. The molecule has 4 N–H and O–H groups in total. The van der Waals surface area contributed by atoms with Gasteiger partial charge in [-0.3, -0.25) is 0 Å². The molecule has 100 valence electrons. The predicted molar refractivity (Wildman–Crippen MR) is 56.8 cm³/mol. The van der Waals surface area contributed by atoms with Crippen LogP contribution in [-0.4, -0.2) is 28.5 Å². The van der Waals surface area contributed by atoms with E-state index in [1.165, 1.54) is 5.56 Å². The zero-order valence-electron chi connectivity index (χ0n) is 9.19. The fourth-order valence-electron chi connectivity index (χ4n) is 1.60. The van der Waals surface area contributed by atoms with Crippen molar-refractivity contribution in [2.75, 3.05) is 0 Å². The molecule has 0 aliphatic heterocycles. The Morgan fingerprint density at radius 2 is 1.83 bits per heavy atom. The fraction of sp³-hybridized carbons (Fsp3) is 0.364. The van der Waals surface area contributed by atoms with Gasteiger partial charge in [0.05, 0.1) is 12.1 Å². The maximum Gasteiger partial charge on any atom is 0.490 e. The molecule has 0 bridgehead atoms. The van der Waals surface area contributed by atoms with Crippen LogP contribution in [-0.2, 0) is 11.2 Å². The first-order valence-corrected chi connectivity index (χ1v) is 5.05. The van der Waals surface area contributed by atoms with Gasteiger partial charge in [-0.25, -0.2) is 4.79 Å². The molecule has 1 aromatic carbocycles. The summed E-state index contributed by atoms with van der Waals surface area (Å²) in [5.74, 6) is -2.76. The normalized spacial score (nSPS) is 21.8. The van der Waals surface area contributed by atoms with Gasteiger partial charge < -0.3 is 15.9 Å². The SMILES string of the molecule is NC1c2ccccc2CC1O.O=C(O)C(F)(F)F. The first-order chi connectivity index (χ1) is 8.23. The van der Waals surface area contributed by atoms with Crippen molar-refractivity contribution in [3.05, 3.63) is 35.4 Å². The average Bonchev–Trinajstić information content (AvgIpc) is 2.55. The minimum Gasteiger partial charge on any atom is -0.475 e. The predicted octanol–water partition coefficient (Wildman–Crippen LogP) is 1.24. The van der Waals surface area contributed by atoms with E-state index in [1.54, 1.807) is 0 Å². The van der Waals surface area contributed by atoms with E-state index in [9.17, 15) is 18.3 Å². The van der Waals surface area contributed by atoms with Gasteiger partial charge in [-0.2, -0.15) is 13.2 Å². The van der Waals surface area contributed by atoms with Gasteiger partial charge in [-0.05, 0) is 11.1 Å². The molecule has 18 heavy (non-hydrogen) atoms. The molecular formula is C11H12F3NO3. The molecule has 0 aromatic heterocycles. The zero-order valence-corrected chi connectivity index (χ0v) is 9.19. The molecule has 0 saturated heterocycles. The topological polar surface area (TPSA) is 83.5 Å². The van der Waals surface area contributed by atoms with E-state index in [0.29, 0.717) is 6.42 Å². The molecule has 2 rings (SSSR count). The van der Waals surface area contributed by atoms with Crippen molar-refractivity contribution in [1.82, 2.24) is 0 Å². The minimum atomic E-state index is -5.08. The van der Waals surface area contributed by atoms with Gasteiger partial charge >= 0.3 is 12.1 Å². The van der Waals surface area contributed by atoms with E-state index in [1.807, 2.05) is 24.3 Å². The Bertz CT molecular complexity index is 434. The zero-order chi connectivity index (χ0) is 13.9. The lowest BCUT2D eigenvalue weighted by Gasteiger charge is -2.07. The van der Waals surface area contributed by atoms with Gasteiger partial charge in [-0.1, -0.05) is 24.3 Å². The Kier molecular flexibility index (Phi) is 4.31. The van der Waals surface area contributed by atoms with E-state index in [0.717, 1.165) is 5.56 Å². The molecule has 1 aromatic rings. The van der Waals surface area contributed by atoms with E-state index < -0.39 is 12.1 Å². The molecule has 4 nitrogen and oxygen atoms in total. The van der Waals surface area contributed by atoms with Crippen LogP contribution in [0.15, 0.2) is 24.3 Å². The number of carbonyl (C=O) groups is 1. The second kappa shape index (κ2) is 5.36. The van der Waals surface area contributed by atoms with Gasteiger partial charge in [0.15, 0.2) is 0 Å². The number of halogens is 3. The van der Waals surface area contributed by atoms with Crippen LogP contribution in [0.3, 0.4) is 0 Å². The van der Waals surface area contributed by atoms with Crippen molar-refractivity contribution in [1.29, 1.82) is 0 Å². The molecular weight excluding hydrogens is 251 g/mol. The van der Waals surface area contributed by atoms with Crippen LogP contribution in [0.25, 0.3) is 0 Å². The third kappa shape index (κ3) is 3.44. The highest BCUT2D eigenvalue weighted by molar-refractivity contribution is 5.73. The van der Waals surface area contributed by atoms with E-state index >= 15 is 0 Å². The lowest BCUT2D eigenvalue weighted by atomic mass is 10.1. The molecule has 0 fully saturated rings. The van der Waals surface area contributed by atoms with Crippen molar-refractivity contribution in [2.24, 2.45) is 5.73 Å². The number of aliphatic hydroxyl groups excluding tert-OH is 1. The molecule has 1 aliphatic rings. The number of benzene rings is 1. The monoisotopic (exact) mass is 263 g/mol. The molecule has 0 saturated carbocycles. The molecule has 2 atom stereocenters. The van der Waals surface area contributed by atoms with Crippen molar-refractivity contribution < 1.29 is 28.2 Å². The summed E-state index contributed by atoms with van der Waals surface area (Å²) in [6.45, 7) is 0. The molecule has 2 unspecified atom stereocenters. The van der Waals surface area contributed by atoms with E-state index in [-0.39, 0.29) is 12.1 Å². The number of fused-ring (bicyclic) bond motifs is 1. The summed E-state index contributed by atoms with van der Waals surface area (Å²) in [6.07, 6.45) is -4.76. The van der Waals surface area contributed by atoms with Gasteiger partial charge in [0.25, 0.3) is 0 Å². The Labute approximate surface area is 101 Å². The van der Waals surface area contributed by atoms with Gasteiger partial charge in [0.2, 0.25) is 0 Å². The van der Waals surface area contributed by atoms with E-state index in [4.69, 9.17) is 15.6 Å². The number of carboxylic acid groups (broad SMARTS) is 1. The Morgan fingerprint density at radius 1 is 1.33 bits per heavy atom. The van der Waals surface area contributed by atoms with Crippen molar-refractivity contribution in [3.63, 3.8) is 0 Å². The highest BCUT2D eigenvalue weighted by atomic mass is 19.4. The molecule has 1 aliphatic carbocycles. The maximum absolute atomic E-state index is 10.6. The van der Waals surface area contributed by atoms with Crippen LogP contribution < -0.4 is 5.73 Å². The van der Waals surface area contributed by atoms with Crippen LogP contribution in [0.5, 0.6) is 0 Å². The summed E-state index contributed by atoms with van der Waals surface area (Å²) in [6, 6.07) is 7.76. The first-order valence-electron chi connectivity index (χ1n) is 5.05. The second-order valence-corrected chi connectivity index (χ2v) is 3.80. The summed E-state index contributed by atoms with van der Waals surface area (Å²) in [4.78, 5) is 8.90. The summed E-state index contributed by atoms with van der Waals surface area (Å²) in [7, 11) is 0. The van der Waals surface area contributed by atoms with Crippen LogP contribution in [0.4, 0.5) is 13.2 Å². The van der Waals surface area contributed by atoms with Crippen molar-refractivity contribution in [2.45, 2.75) is 24.7 Å². The molecule has 0 amide bonds. The minimum absolute atomic E-state index is 0.175. The fourth-order valence-corrected chi connectivity index (χ4v) is 1.60. The number of aliphatic hydroxyl groups is 1. The molecule has 0 radical (unpaired) electrons. The number of hydrogen-bond acceptors (Lipinski definition) is 3. The van der Waals surface area contributed by atoms with Crippen LogP contribution in [0.1, 0.15) is 17.2 Å². The Morgan fingerprint density at radius 3 is 2.28 bits per heavy atom. The number of aliphatic carboxylic acids is 1. The summed E-state index contributed by atoms with van der Waals surface area (Å²) >= 11 is 0. The van der Waals surface area contributed by atoms with Crippen LogP contribution in [0.2, 0.25) is 0 Å². The lowest BCUT2D eigenvalue weighted by molar-refractivity contribution is -0.192. The standard InChI is InChI=1S/C9H11NO.C2HF3O2/c10-9-7-4-2-1-3-6(7)5-8(9)11;3-2(4,5)1(6)7/h1-4,8-9,11H,5,10H2;(H,6,7). The third-order valence-electron chi connectivity index (χ3n) is 2.50. The number of rotatable bonds is 0. The van der Waals surface area contributed by atoms with E-state index in [2.05, 4.69) is 0 Å². The lowest BCUT2D eigenvalue weighted by Crippen LogP contribution is -2.21. The van der Waals surface area contributed by atoms with Gasteiger partial charge in [0.1, 0.15) is 0 Å². The molecule has 0 spiro atoms. The highest BCUT2D eigenvalue weighted by Crippen LogP contribution is 2.28. The van der Waals surface area contributed by atoms with Crippen molar-refractivity contribution in [3.8, 4) is 0 Å². The average molecular weight is 263 g/mol. The quantitative estimate of drug-likeness (QED) is 0.657. The number of nitrogens with two attached hydrogens (primary N) is 1. The molecule has 7 heteroatoms. The van der Waals surface area contributed by atoms with Crippen LogP contribution >= 0.6 is 0 Å². The first kappa shape index (κ1) is 14.5.